The number of benzene rings is 1. The summed E-state index contributed by atoms with van der Waals surface area (Å²) in [5.74, 6) is 0.389. The van der Waals surface area contributed by atoms with Crippen molar-refractivity contribution in [1.29, 1.82) is 0 Å². The van der Waals surface area contributed by atoms with Crippen molar-refractivity contribution in [3.05, 3.63) is 48.4 Å². The fourth-order valence-electron chi connectivity index (χ4n) is 3.18. The van der Waals surface area contributed by atoms with E-state index in [0.717, 1.165) is 19.4 Å². The molecule has 0 aliphatic carbocycles. The molecule has 27 heavy (non-hydrogen) atoms. The van der Waals surface area contributed by atoms with Crippen LogP contribution in [-0.2, 0) is 21.4 Å². The van der Waals surface area contributed by atoms with Crippen LogP contribution in [0.25, 0.3) is 0 Å². The highest BCUT2D eigenvalue weighted by atomic mass is 32.2. The van der Waals surface area contributed by atoms with Crippen molar-refractivity contribution in [2.24, 2.45) is 0 Å². The average Bonchev–Trinajstić information content (AvgIpc) is 3.16. The van der Waals surface area contributed by atoms with Gasteiger partial charge in [-0.3, -0.25) is 9.69 Å². The summed E-state index contributed by atoms with van der Waals surface area (Å²) in [5, 5.41) is 2.80. The van der Waals surface area contributed by atoms with Gasteiger partial charge in [0.1, 0.15) is 5.76 Å². The summed E-state index contributed by atoms with van der Waals surface area (Å²) in [7, 11) is -3.70. The van der Waals surface area contributed by atoms with Gasteiger partial charge in [0.15, 0.2) is 0 Å². The lowest BCUT2D eigenvalue weighted by Gasteiger charge is -2.32. The van der Waals surface area contributed by atoms with Crippen LogP contribution in [-0.4, -0.2) is 38.4 Å². The third-order valence-corrected chi connectivity index (χ3v) is 6.13. The molecular weight excluding hydrogens is 366 g/mol. The zero-order valence-corrected chi connectivity index (χ0v) is 16.2. The molecule has 1 aliphatic heterocycles. The number of carbonyl (C=O) groups excluding carboxylic acids is 1. The Morgan fingerprint density at radius 2 is 2.11 bits per heavy atom. The number of likely N-dealkylation sites (tertiary alicyclic amines) is 1. The Kier molecular flexibility index (Phi) is 6.30. The first-order chi connectivity index (χ1) is 12.9. The van der Waals surface area contributed by atoms with Crippen LogP contribution in [0, 0.1) is 0 Å². The molecule has 146 valence electrons. The van der Waals surface area contributed by atoms with Gasteiger partial charge in [0, 0.05) is 11.7 Å². The standard InChI is InChI=1S/C19H25N3O4S/c1-15-6-2-3-10-22(15)14-19(23)21-16-7-4-9-18(12-16)27(24,25)20-13-17-8-5-11-26-17/h4-5,7-9,11-12,15,20H,2-3,6,10,13-14H2,1H3,(H,21,23)/t15-/m1/s1. The Morgan fingerprint density at radius 1 is 1.26 bits per heavy atom. The van der Waals surface area contributed by atoms with E-state index in [4.69, 9.17) is 4.42 Å². The molecule has 3 rings (SSSR count). The molecule has 1 aromatic carbocycles. The molecule has 2 aromatic rings. The second-order valence-corrected chi connectivity index (χ2v) is 8.56. The van der Waals surface area contributed by atoms with Gasteiger partial charge in [-0.25, -0.2) is 13.1 Å². The van der Waals surface area contributed by atoms with Gasteiger partial charge in [0.05, 0.1) is 24.2 Å². The minimum absolute atomic E-state index is 0.0682. The van der Waals surface area contributed by atoms with E-state index in [1.165, 1.54) is 24.8 Å². The topological polar surface area (TPSA) is 91.7 Å². The Morgan fingerprint density at radius 3 is 2.85 bits per heavy atom. The van der Waals surface area contributed by atoms with E-state index in [-0.39, 0.29) is 17.3 Å². The smallest absolute Gasteiger partial charge is 0.241 e. The second kappa shape index (κ2) is 8.69. The molecule has 1 aromatic heterocycles. The van der Waals surface area contributed by atoms with E-state index < -0.39 is 10.0 Å². The number of rotatable bonds is 7. The van der Waals surface area contributed by atoms with Crippen LogP contribution in [0.15, 0.2) is 52.0 Å². The number of hydrogen-bond donors (Lipinski definition) is 2. The van der Waals surface area contributed by atoms with Gasteiger partial charge < -0.3 is 9.73 Å². The fraction of sp³-hybridized carbons (Fsp3) is 0.421. The molecule has 0 bridgehead atoms. The summed E-state index contributed by atoms with van der Waals surface area (Å²) >= 11 is 0. The molecule has 7 nitrogen and oxygen atoms in total. The number of anilines is 1. The molecule has 0 unspecified atom stereocenters. The van der Waals surface area contributed by atoms with Crippen molar-refractivity contribution in [3.8, 4) is 0 Å². The van der Waals surface area contributed by atoms with Crippen LogP contribution in [0.4, 0.5) is 5.69 Å². The molecule has 1 aliphatic rings. The second-order valence-electron chi connectivity index (χ2n) is 6.80. The molecule has 1 amide bonds. The highest BCUT2D eigenvalue weighted by Gasteiger charge is 2.21. The molecule has 1 saturated heterocycles. The Hall–Kier alpha value is -2.16. The van der Waals surface area contributed by atoms with E-state index in [0.29, 0.717) is 24.0 Å². The van der Waals surface area contributed by atoms with Gasteiger partial charge in [0.25, 0.3) is 0 Å². The molecule has 0 spiro atoms. The van der Waals surface area contributed by atoms with E-state index in [9.17, 15) is 13.2 Å². The monoisotopic (exact) mass is 391 g/mol. The van der Waals surface area contributed by atoms with Crippen LogP contribution in [0.2, 0.25) is 0 Å². The molecule has 1 fully saturated rings. The summed E-state index contributed by atoms with van der Waals surface area (Å²) in [6.45, 7) is 3.43. The number of carbonyl (C=O) groups is 1. The van der Waals surface area contributed by atoms with Crippen LogP contribution in [0.3, 0.4) is 0 Å². The minimum Gasteiger partial charge on any atom is -0.468 e. The van der Waals surface area contributed by atoms with Crippen LogP contribution < -0.4 is 10.0 Å². The van der Waals surface area contributed by atoms with Crippen molar-refractivity contribution < 1.29 is 17.6 Å². The highest BCUT2D eigenvalue weighted by molar-refractivity contribution is 7.89. The predicted molar refractivity (Wildman–Crippen MR) is 103 cm³/mol. The van der Waals surface area contributed by atoms with E-state index in [2.05, 4.69) is 21.9 Å². The number of hydrogen-bond acceptors (Lipinski definition) is 5. The van der Waals surface area contributed by atoms with Gasteiger partial charge in [-0.1, -0.05) is 12.5 Å². The molecule has 8 heteroatoms. The lowest BCUT2D eigenvalue weighted by Crippen LogP contribution is -2.42. The molecular formula is C19H25N3O4S. The van der Waals surface area contributed by atoms with E-state index in [1.807, 2.05) is 0 Å². The zero-order valence-electron chi connectivity index (χ0n) is 15.3. The highest BCUT2D eigenvalue weighted by Crippen LogP contribution is 2.18. The van der Waals surface area contributed by atoms with Gasteiger partial charge >= 0.3 is 0 Å². The first-order valence-corrected chi connectivity index (χ1v) is 10.6. The lowest BCUT2D eigenvalue weighted by atomic mass is 10.0. The van der Waals surface area contributed by atoms with Crippen molar-refractivity contribution in [1.82, 2.24) is 9.62 Å². The van der Waals surface area contributed by atoms with Gasteiger partial charge in [-0.2, -0.15) is 0 Å². The van der Waals surface area contributed by atoms with Gasteiger partial charge in [0.2, 0.25) is 15.9 Å². The van der Waals surface area contributed by atoms with Gasteiger partial charge in [-0.05, 0) is 56.6 Å². The predicted octanol–water partition coefficient (Wildman–Crippen LogP) is 2.57. The Labute approximate surface area is 159 Å². The van der Waals surface area contributed by atoms with Crippen molar-refractivity contribution >= 4 is 21.6 Å². The fourth-order valence-corrected chi connectivity index (χ4v) is 4.22. The molecule has 1 atom stereocenters. The number of nitrogens with zero attached hydrogens (tertiary/aromatic N) is 1. The van der Waals surface area contributed by atoms with Crippen molar-refractivity contribution in [2.45, 2.75) is 43.7 Å². The summed E-state index contributed by atoms with van der Waals surface area (Å²) in [6.07, 6.45) is 4.89. The maximum Gasteiger partial charge on any atom is 0.241 e. The first kappa shape index (κ1) is 19.6. The SMILES string of the molecule is C[C@@H]1CCCCN1CC(=O)Nc1cccc(S(=O)(=O)NCc2ccco2)c1. The minimum atomic E-state index is -3.70. The number of sulfonamides is 1. The number of nitrogens with one attached hydrogen (secondary N) is 2. The molecule has 0 saturated carbocycles. The zero-order chi connectivity index (χ0) is 19.3. The lowest BCUT2D eigenvalue weighted by molar-refractivity contribution is -0.118. The summed E-state index contributed by atoms with van der Waals surface area (Å²) < 4.78 is 32.5. The van der Waals surface area contributed by atoms with E-state index >= 15 is 0 Å². The quantitative estimate of drug-likeness (QED) is 0.757. The Bertz CT molecular complexity index is 865. The molecule has 0 radical (unpaired) electrons. The molecule has 2 N–H and O–H groups in total. The summed E-state index contributed by atoms with van der Waals surface area (Å²) in [4.78, 5) is 14.6. The summed E-state index contributed by atoms with van der Waals surface area (Å²) in [6, 6.07) is 10.0. The maximum absolute atomic E-state index is 12.5. The number of amides is 1. The third kappa shape index (κ3) is 5.41. The normalized spacial score (nSPS) is 18.3. The van der Waals surface area contributed by atoms with E-state index in [1.54, 1.807) is 24.3 Å². The third-order valence-electron chi connectivity index (χ3n) is 4.73. The maximum atomic E-state index is 12.5. The van der Waals surface area contributed by atoms with Crippen LogP contribution in [0.5, 0.6) is 0 Å². The first-order valence-electron chi connectivity index (χ1n) is 9.10. The largest absolute Gasteiger partial charge is 0.468 e. The Balaban J connectivity index is 1.61. The molecule has 2 heterocycles. The van der Waals surface area contributed by atoms with Crippen molar-refractivity contribution in [2.75, 3.05) is 18.4 Å². The number of piperidine rings is 1. The van der Waals surface area contributed by atoms with Crippen molar-refractivity contribution in [3.63, 3.8) is 0 Å². The summed E-state index contributed by atoms with van der Waals surface area (Å²) in [5.41, 5.74) is 0.463. The average molecular weight is 391 g/mol. The van der Waals surface area contributed by atoms with Crippen LogP contribution >= 0.6 is 0 Å². The van der Waals surface area contributed by atoms with Crippen LogP contribution in [0.1, 0.15) is 31.9 Å². The van der Waals surface area contributed by atoms with Gasteiger partial charge in [-0.15, -0.1) is 0 Å². The number of furan rings is 1.